The number of rotatable bonds is 8. The van der Waals surface area contributed by atoms with Gasteiger partial charge in [-0.05, 0) is 31.4 Å². The lowest BCUT2D eigenvalue weighted by atomic mass is 10.1. The molecule has 0 spiro atoms. The van der Waals surface area contributed by atoms with Crippen LogP contribution < -0.4 is 4.74 Å². The smallest absolute Gasteiger partial charge is 0.339 e. The highest BCUT2D eigenvalue weighted by molar-refractivity contribution is 5.97. The molecule has 0 saturated carbocycles. The molecule has 0 aromatic heterocycles. The van der Waals surface area contributed by atoms with Gasteiger partial charge in [0.1, 0.15) is 22.6 Å². The van der Waals surface area contributed by atoms with Crippen LogP contribution in [0.15, 0.2) is 12.1 Å². The van der Waals surface area contributed by atoms with E-state index in [1.165, 1.54) is 0 Å². The van der Waals surface area contributed by atoms with E-state index in [9.17, 15) is 14.7 Å². The fraction of sp³-hybridized carbons (Fsp3) is 0.467. The molecular formula is C15H20O7. The summed E-state index contributed by atoms with van der Waals surface area (Å²) in [5, 5.41) is 27.6. The summed E-state index contributed by atoms with van der Waals surface area (Å²) in [5.41, 5.74) is -0.767. The number of hydrogen-bond donors (Lipinski definition) is 3. The Morgan fingerprint density at radius 1 is 1.09 bits per heavy atom. The fourth-order valence-corrected chi connectivity index (χ4v) is 1.69. The standard InChI is InChI=1S/C15H20O7/c1-8(2)4-5-21-9(3)22-13-7-10(14(17)18)12(16)6-11(13)15(19)20/h6-9,16H,4-5H2,1-3H3,(H,17,18)(H,19,20). The normalized spacial score (nSPS) is 12.2. The van der Waals surface area contributed by atoms with Crippen LogP contribution in [-0.2, 0) is 4.74 Å². The first-order valence-corrected chi connectivity index (χ1v) is 6.84. The van der Waals surface area contributed by atoms with Gasteiger partial charge in [-0.25, -0.2) is 9.59 Å². The number of hydrogen-bond acceptors (Lipinski definition) is 5. The number of carbonyl (C=O) groups is 2. The Labute approximate surface area is 128 Å². The Hall–Kier alpha value is -2.28. The topological polar surface area (TPSA) is 113 Å². The van der Waals surface area contributed by atoms with Gasteiger partial charge in [0.25, 0.3) is 0 Å². The van der Waals surface area contributed by atoms with Gasteiger partial charge < -0.3 is 24.8 Å². The molecule has 0 aliphatic rings. The first-order chi connectivity index (χ1) is 10.2. The molecule has 7 heteroatoms. The maximum absolute atomic E-state index is 11.2. The second kappa shape index (κ2) is 7.65. The SMILES string of the molecule is CC(C)CCOC(C)Oc1cc(C(=O)O)c(O)cc1C(=O)O. The quantitative estimate of drug-likeness (QED) is 0.632. The Morgan fingerprint density at radius 2 is 1.68 bits per heavy atom. The molecule has 22 heavy (non-hydrogen) atoms. The van der Waals surface area contributed by atoms with Crippen LogP contribution in [-0.4, -0.2) is 40.2 Å². The zero-order chi connectivity index (χ0) is 16.9. The number of carboxylic acids is 2. The Morgan fingerprint density at radius 3 is 2.18 bits per heavy atom. The van der Waals surface area contributed by atoms with Crippen LogP contribution in [0.1, 0.15) is 47.9 Å². The molecule has 0 radical (unpaired) electrons. The van der Waals surface area contributed by atoms with Crippen LogP contribution in [0.2, 0.25) is 0 Å². The molecule has 0 saturated heterocycles. The average molecular weight is 312 g/mol. The van der Waals surface area contributed by atoms with Crippen molar-refractivity contribution < 1.29 is 34.4 Å². The Balaban J connectivity index is 2.93. The van der Waals surface area contributed by atoms with Crippen LogP contribution >= 0.6 is 0 Å². The van der Waals surface area contributed by atoms with E-state index in [-0.39, 0.29) is 11.3 Å². The van der Waals surface area contributed by atoms with E-state index in [1.54, 1.807) is 6.92 Å². The molecule has 3 N–H and O–H groups in total. The molecule has 1 atom stereocenters. The highest BCUT2D eigenvalue weighted by Gasteiger charge is 2.21. The third kappa shape index (κ3) is 4.92. The minimum atomic E-state index is -1.38. The largest absolute Gasteiger partial charge is 0.507 e. The van der Waals surface area contributed by atoms with Crippen molar-refractivity contribution in [3.63, 3.8) is 0 Å². The molecule has 0 aliphatic carbocycles. The van der Waals surface area contributed by atoms with Gasteiger partial charge >= 0.3 is 11.9 Å². The first kappa shape index (κ1) is 17.8. The van der Waals surface area contributed by atoms with Crippen LogP contribution in [0.3, 0.4) is 0 Å². The number of aromatic hydroxyl groups is 1. The van der Waals surface area contributed by atoms with E-state index in [0.29, 0.717) is 12.5 Å². The van der Waals surface area contributed by atoms with Gasteiger partial charge in [0, 0.05) is 0 Å². The van der Waals surface area contributed by atoms with Gasteiger partial charge in [-0.3, -0.25) is 0 Å². The van der Waals surface area contributed by atoms with E-state index in [0.717, 1.165) is 18.6 Å². The van der Waals surface area contributed by atoms with E-state index in [2.05, 4.69) is 0 Å². The molecule has 0 heterocycles. The van der Waals surface area contributed by atoms with Crippen LogP contribution in [0, 0.1) is 5.92 Å². The van der Waals surface area contributed by atoms with Gasteiger partial charge in [0.15, 0.2) is 6.29 Å². The van der Waals surface area contributed by atoms with E-state index < -0.39 is 29.5 Å². The summed E-state index contributed by atoms with van der Waals surface area (Å²) in [5.74, 6) is -3.07. The van der Waals surface area contributed by atoms with E-state index in [1.807, 2.05) is 13.8 Å². The van der Waals surface area contributed by atoms with Crippen LogP contribution in [0.5, 0.6) is 11.5 Å². The lowest BCUT2D eigenvalue weighted by Crippen LogP contribution is -2.19. The van der Waals surface area contributed by atoms with E-state index >= 15 is 0 Å². The summed E-state index contributed by atoms with van der Waals surface area (Å²) >= 11 is 0. The number of carboxylic acid groups (broad SMARTS) is 2. The summed E-state index contributed by atoms with van der Waals surface area (Å²) in [7, 11) is 0. The monoisotopic (exact) mass is 312 g/mol. The minimum Gasteiger partial charge on any atom is -0.507 e. The molecule has 0 fully saturated rings. The summed E-state index contributed by atoms with van der Waals surface area (Å²) in [6.45, 7) is 6.09. The summed E-state index contributed by atoms with van der Waals surface area (Å²) in [4.78, 5) is 22.2. The molecule has 1 unspecified atom stereocenters. The van der Waals surface area contributed by atoms with Crippen molar-refractivity contribution >= 4 is 11.9 Å². The van der Waals surface area contributed by atoms with Crippen molar-refractivity contribution in [3.05, 3.63) is 23.3 Å². The lowest BCUT2D eigenvalue weighted by Gasteiger charge is -2.18. The van der Waals surface area contributed by atoms with Crippen molar-refractivity contribution in [2.24, 2.45) is 5.92 Å². The molecule has 0 bridgehead atoms. The van der Waals surface area contributed by atoms with Crippen molar-refractivity contribution in [2.75, 3.05) is 6.61 Å². The number of aromatic carboxylic acids is 2. The third-order valence-corrected chi connectivity index (χ3v) is 2.90. The molecule has 1 rings (SSSR count). The van der Waals surface area contributed by atoms with Crippen molar-refractivity contribution in [1.29, 1.82) is 0 Å². The Kier molecular flexibility index (Phi) is 6.18. The highest BCUT2D eigenvalue weighted by atomic mass is 16.7. The first-order valence-electron chi connectivity index (χ1n) is 6.84. The summed E-state index contributed by atoms with van der Waals surface area (Å²) < 4.78 is 10.8. The highest BCUT2D eigenvalue weighted by Crippen LogP contribution is 2.29. The molecule has 1 aromatic rings. The molecule has 7 nitrogen and oxygen atoms in total. The second-order valence-corrected chi connectivity index (χ2v) is 5.21. The molecule has 0 amide bonds. The van der Waals surface area contributed by atoms with Gasteiger partial charge in [0.05, 0.1) is 6.61 Å². The van der Waals surface area contributed by atoms with Crippen LogP contribution in [0.4, 0.5) is 0 Å². The third-order valence-electron chi connectivity index (χ3n) is 2.90. The van der Waals surface area contributed by atoms with Gasteiger partial charge in [-0.2, -0.15) is 0 Å². The van der Waals surface area contributed by atoms with Gasteiger partial charge in [-0.1, -0.05) is 13.8 Å². The molecule has 1 aromatic carbocycles. The summed E-state index contributed by atoms with van der Waals surface area (Å²) in [6.07, 6.45) is 0.0677. The molecule has 122 valence electrons. The predicted molar refractivity (Wildman–Crippen MR) is 77.5 cm³/mol. The lowest BCUT2D eigenvalue weighted by molar-refractivity contribution is -0.0698. The predicted octanol–water partition coefficient (Wildman–Crippen LogP) is 2.58. The average Bonchev–Trinajstić information content (AvgIpc) is 2.39. The zero-order valence-corrected chi connectivity index (χ0v) is 12.7. The summed E-state index contributed by atoms with van der Waals surface area (Å²) in [6, 6.07) is 1.82. The maximum Gasteiger partial charge on any atom is 0.339 e. The molecular weight excluding hydrogens is 292 g/mol. The van der Waals surface area contributed by atoms with Crippen molar-refractivity contribution in [2.45, 2.75) is 33.5 Å². The molecule has 0 aliphatic heterocycles. The maximum atomic E-state index is 11.2. The number of phenols is 1. The van der Waals surface area contributed by atoms with Crippen LogP contribution in [0.25, 0.3) is 0 Å². The number of ether oxygens (including phenoxy) is 2. The van der Waals surface area contributed by atoms with Gasteiger partial charge in [0.2, 0.25) is 0 Å². The number of benzene rings is 1. The van der Waals surface area contributed by atoms with E-state index in [4.69, 9.17) is 19.7 Å². The van der Waals surface area contributed by atoms with Crippen molar-refractivity contribution in [1.82, 2.24) is 0 Å². The Bertz CT molecular complexity index is 551. The van der Waals surface area contributed by atoms with Crippen molar-refractivity contribution in [3.8, 4) is 11.5 Å². The zero-order valence-electron chi connectivity index (χ0n) is 12.7. The second-order valence-electron chi connectivity index (χ2n) is 5.21. The fourth-order valence-electron chi connectivity index (χ4n) is 1.69. The van der Waals surface area contributed by atoms with Gasteiger partial charge in [-0.15, -0.1) is 0 Å². The minimum absolute atomic E-state index is 0.167.